The summed E-state index contributed by atoms with van der Waals surface area (Å²) in [4.78, 5) is 11.8. The SMILES string of the molecule is CN1CCN(c2nc(NN)ncc2F)CC1. The number of piperazine rings is 1. The maximum atomic E-state index is 13.5. The van der Waals surface area contributed by atoms with Crippen LogP contribution in [0.4, 0.5) is 16.2 Å². The molecular weight excluding hydrogens is 211 g/mol. The third-order valence-electron chi connectivity index (χ3n) is 2.66. The first-order chi connectivity index (χ1) is 7.70. The van der Waals surface area contributed by atoms with E-state index in [0.717, 1.165) is 32.4 Å². The Balaban J connectivity index is 2.19. The van der Waals surface area contributed by atoms with E-state index >= 15 is 0 Å². The van der Waals surface area contributed by atoms with Crippen molar-refractivity contribution in [3.63, 3.8) is 0 Å². The van der Waals surface area contributed by atoms with Gasteiger partial charge in [-0.2, -0.15) is 4.98 Å². The first-order valence-electron chi connectivity index (χ1n) is 5.13. The molecule has 1 aromatic heterocycles. The molecule has 88 valence electrons. The number of hydrogen-bond acceptors (Lipinski definition) is 6. The van der Waals surface area contributed by atoms with Crippen LogP contribution in [-0.2, 0) is 0 Å². The zero-order valence-electron chi connectivity index (χ0n) is 9.15. The van der Waals surface area contributed by atoms with E-state index in [1.165, 1.54) is 0 Å². The van der Waals surface area contributed by atoms with Gasteiger partial charge in [0.25, 0.3) is 0 Å². The summed E-state index contributed by atoms with van der Waals surface area (Å²) < 4.78 is 13.5. The lowest BCUT2D eigenvalue weighted by atomic mass is 10.3. The van der Waals surface area contributed by atoms with Crippen molar-refractivity contribution in [2.24, 2.45) is 5.84 Å². The summed E-state index contributed by atoms with van der Waals surface area (Å²) in [5.74, 6) is 5.33. The highest BCUT2D eigenvalue weighted by atomic mass is 19.1. The van der Waals surface area contributed by atoms with Crippen molar-refractivity contribution in [1.82, 2.24) is 14.9 Å². The zero-order valence-corrected chi connectivity index (χ0v) is 9.15. The van der Waals surface area contributed by atoms with Gasteiger partial charge in [-0.25, -0.2) is 15.2 Å². The third-order valence-corrected chi connectivity index (χ3v) is 2.66. The second-order valence-electron chi connectivity index (χ2n) is 3.80. The Kier molecular flexibility index (Phi) is 3.16. The Morgan fingerprint density at radius 3 is 2.69 bits per heavy atom. The highest BCUT2D eigenvalue weighted by molar-refractivity contribution is 5.43. The van der Waals surface area contributed by atoms with E-state index in [9.17, 15) is 4.39 Å². The van der Waals surface area contributed by atoms with Crippen LogP contribution in [0.3, 0.4) is 0 Å². The van der Waals surface area contributed by atoms with Gasteiger partial charge in [0.1, 0.15) is 0 Å². The lowest BCUT2D eigenvalue weighted by molar-refractivity contribution is 0.310. The molecule has 2 rings (SSSR count). The van der Waals surface area contributed by atoms with Crippen LogP contribution in [0.5, 0.6) is 0 Å². The van der Waals surface area contributed by atoms with Crippen LogP contribution < -0.4 is 16.2 Å². The molecule has 6 nitrogen and oxygen atoms in total. The molecule has 0 aromatic carbocycles. The number of nitrogens with two attached hydrogens (primary N) is 1. The average molecular weight is 226 g/mol. The number of nitrogens with one attached hydrogen (secondary N) is 1. The first-order valence-corrected chi connectivity index (χ1v) is 5.13. The van der Waals surface area contributed by atoms with Gasteiger partial charge in [-0.15, -0.1) is 0 Å². The normalized spacial score (nSPS) is 17.6. The highest BCUT2D eigenvalue weighted by Crippen LogP contribution is 2.18. The number of nitrogens with zero attached hydrogens (tertiary/aromatic N) is 4. The molecule has 0 spiro atoms. The van der Waals surface area contributed by atoms with Gasteiger partial charge in [-0.3, -0.25) is 5.43 Å². The molecule has 0 atom stereocenters. The molecule has 1 saturated heterocycles. The van der Waals surface area contributed by atoms with Crippen LogP contribution in [0.1, 0.15) is 0 Å². The molecule has 3 N–H and O–H groups in total. The fourth-order valence-corrected chi connectivity index (χ4v) is 1.67. The van der Waals surface area contributed by atoms with Gasteiger partial charge < -0.3 is 9.80 Å². The number of halogens is 1. The molecule has 0 radical (unpaired) electrons. The number of hydrogen-bond donors (Lipinski definition) is 2. The number of aromatic nitrogens is 2. The molecule has 0 unspecified atom stereocenters. The lowest BCUT2D eigenvalue weighted by Crippen LogP contribution is -2.45. The summed E-state index contributed by atoms with van der Waals surface area (Å²) in [6.45, 7) is 3.31. The highest BCUT2D eigenvalue weighted by Gasteiger charge is 2.19. The predicted octanol–water partition coefficient (Wildman–Crippen LogP) is -0.347. The average Bonchev–Trinajstić information content (AvgIpc) is 2.31. The van der Waals surface area contributed by atoms with E-state index < -0.39 is 5.82 Å². The van der Waals surface area contributed by atoms with Gasteiger partial charge in [0.05, 0.1) is 6.20 Å². The van der Waals surface area contributed by atoms with Crippen molar-refractivity contribution in [2.45, 2.75) is 0 Å². The summed E-state index contributed by atoms with van der Waals surface area (Å²) >= 11 is 0. The van der Waals surface area contributed by atoms with Gasteiger partial charge in [0.15, 0.2) is 11.6 Å². The Morgan fingerprint density at radius 2 is 2.06 bits per heavy atom. The van der Waals surface area contributed by atoms with Gasteiger partial charge in [-0.05, 0) is 7.05 Å². The van der Waals surface area contributed by atoms with Crippen LogP contribution in [0.15, 0.2) is 6.20 Å². The molecule has 7 heteroatoms. The maximum absolute atomic E-state index is 13.5. The predicted molar refractivity (Wildman–Crippen MR) is 59.5 cm³/mol. The van der Waals surface area contributed by atoms with Gasteiger partial charge in [0, 0.05) is 26.2 Å². The molecule has 1 aliphatic rings. The minimum Gasteiger partial charge on any atom is -0.351 e. The van der Waals surface area contributed by atoms with E-state index in [2.05, 4.69) is 20.3 Å². The van der Waals surface area contributed by atoms with Crippen molar-refractivity contribution in [3.05, 3.63) is 12.0 Å². The second-order valence-corrected chi connectivity index (χ2v) is 3.80. The minimum absolute atomic E-state index is 0.232. The molecule has 0 bridgehead atoms. The molecule has 1 fully saturated rings. The summed E-state index contributed by atoms with van der Waals surface area (Å²) in [7, 11) is 2.04. The van der Waals surface area contributed by atoms with E-state index in [1.807, 2.05) is 11.9 Å². The molecule has 0 saturated carbocycles. The number of hydrazine groups is 1. The number of likely N-dealkylation sites (N-methyl/N-ethyl adjacent to an activating group) is 1. The molecule has 0 amide bonds. The Bertz CT molecular complexity index is 363. The molecule has 16 heavy (non-hydrogen) atoms. The number of anilines is 2. The van der Waals surface area contributed by atoms with Crippen molar-refractivity contribution in [1.29, 1.82) is 0 Å². The monoisotopic (exact) mass is 226 g/mol. The smallest absolute Gasteiger partial charge is 0.239 e. The van der Waals surface area contributed by atoms with Crippen molar-refractivity contribution >= 4 is 11.8 Å². The van der Waals surface area contributed by atoms with Crippen LogP contribution in [0.2, 0.25) is 0 Å². The second kappa shape index (κ2) is 4.58. The lowest BCUT2D eigenvalue weighted by Gasteiger charge is -2.33. The largest absolute Gasteiger partial charge is 0.351 e. The van der Waals surface area contributed by atoms with Crippen LogP contribution in [0, 0.1) is 5.82 Å². The first kappa shape index (κ1) is 11.0. The Labute approximate surface area is 93.2 Å². The Hall–Kier alpha value is -1.47. The summed E-state index contributed by atoms with van der Waals surface area (Å²) in [5.41, 5.74) is 2.32. The van der Waals surface area contributed by atoms with Gasteiger partial charge in [-0.1, -0.05) is 0 Å². The summed E-state index contributed by atoms with van der Waals surface area (Å²) in [6, 6.07) is 0. The van der Waals surface area contributed by atoms with Crippen LogP contribution >= 0.6 is 0 Å². The van der Waals surface area contributed by atoms with Gasteiger partial charge >= 0.3 is 0 Å². The molecular formula is C9H15FN6. The van der Waals surface area contributed by atoms with E-state index in [4.69, 9.17) is 5.84 Å². The van der Waals surface area contributed by atoms with Crippen molar-refractivity contribution < 1.29 is 4.39 Å². The van der Waals surface area contributed by atoms with Crippen molar-refractivity contribution in [2.75, 3.05) is 43.6 Å². The fraction of sp³-hybridized carbons (Fsp3) is 0.556. The summed E-state index contributed by atoms with van der Waals surface area (Å²) in [6.07, 6.45) is 1.13. The number of nitrogen functional groups attached to an aromatic ring is 1. The maximum Gasteiger partial charge on any atom is 0.239 e. The zero-order chi connectivity index (χ0) is 11.5. The van der Waals surface area contributed by atoms with Gasteiger partial charge in [0.2, 0.25) is 5.95 Å². The quantitative estimate of drug-likeness (QED) is 0.531. The molecule has 0 aliphatic carbocycles. The van der Waals surface area contributed by atoms with E-state index in [1.54, 1.807) is 0 Å². The molecule has 2 heterocycles. The van der Waals surface area contributed by atoms with Crippen molar-refractivity contribution in [3.8, 4) is 0 Å². The standard InChI is InChI=1S/C9H15FN6/c1-15-2-4-16(5-3-15)8-7(10)6-12-9(13-8)14-11/h6H,2-5,11H2,1H3,(H,12,13,14). The topological polar surface area (TPSA) is 70.3 Å². The molecule has 1 aliphatic heterocycles. The third kappa shape index (κ3) is 2.20. The van der Waals surface area contributed by atoms with E-state index in [0.29, 0.717) is 5.82 Å². The fourth-order valence-electron chi connectivity index (χ4n) is 1.67. The number of rotatable bonds is 2. The molecule has 1 aromatic rings. The van der Waals surface area contributed by atoms with Crippen LogP contribution in [-0.4, -0.2) is 48.1 Å². The minimum atomic E-state index is -0.413. The Morgan fingerprint density at radius 1 is 1.38 bits per heavy atom. The van der Waals surface area contributed by atoms with Crippen LogP contribution in [0.25, 0.3) is 0 Å². The summed E-state index contributed by atoms with van der Waals surface area (Å²) in [5, 5.41) is 0. The van der Waals surface area contributed by atoms with E-state index in [-0.39, 0.29) is 5.95 Å².